The van der Waals surface area contributed by atoms with Gasteiger partial charge >= 0.3 is 6.03 Å². The van der Waals surface area contributed by atoms with Gasteiger partial charge in [0.1, 0.15) is 11.2 Å². The number of H-pyrrole nitrogens is 1. The number of aromatic amines is 1. The molecular weight excluding hydrogens is 384 g/mol. The van der Waals surface area contributed by atoms with E-state index in [1.807, 2.05) is 16.3 Å². The van der Waals surface area contributed by atoms with Crippen molar-refractivity contribution in [3.8, 4) is 0 Å². The Morgan fingerprint density at radius 2 is 2.03 bits per heavy atom. The van der Waals surface area contributed by atoms with Crippen molar-refractivity contribution in [2.75, 3.05) is 13.1 Å². The fourth-order valence-corrected chi connectivity index (χ4v) is 4.39. The molecule has 5 rings (SSSR count). The van der Waals surface area contributed by atoms with Gasteiger partial charge in [0, 0.05) is 26.3 Å². The Balaban J connectivity index is 1.27. The van der Waals surface area contributed by atoms with E-state index in [0.717, 1.165) is 18.5 Å². The van der Waals surface area contributed by atoms with Crippen molar-refractivity contribution in [2.24, 2.45) is 7.05 Å². The van der Waals surface area contributed by atoms with Crippen molar-refractivity contribution >= 4 is 17.1 Å². The summed E-state index contributed by atoms with van der Waals surface area (Å²) in [4.78, 5) is 38.4. The van der Waals surface area contributed by atoms with Crippen molar-refractivity contribution in [1.82, 2.24) is 39.5 Å². The lowest BCUT2D eigenvalue weighted by molar-refractivity contribution is 0.148. The van der Waals surface area contributed by atoms with Crippen LogP contribution in [0.4, 0.5) is 4.79 Å². The first-order valence-corrected chi connectivity index (χ1v) is 10.6. The molecule has 3 aromatic heterocycles. The normalized spacial score (nSPS) is 18.0. The van der Waals surface area contributed by atoms with Crippen LogP contribution in [0.1, 0.15) is 55.6 Å². The summed E-state index contributed by atoms with van der Waals surface area (Å²) < 4.78 is 3.81. The number of carbonyl (C=O) groups is 1. The van der Waals surface area contributed by atoms with Crippen LogP contribution in [0.15, 0.2) is 23.5 Å². The molecule has 0 spiro atoms. The second-order valence-electron chi connectivity index (χ2n) is 8.33. The number of likely N-dealkylation sites (tertiary alicyclic amines) is 1. The molecule has 10 nitrogen and oxygen atoms in total. The number of hydrogen-bond acceptors (Lipinski definition) is 5. The number of carbonyl (C=O) groups excluding carboxylic acids is 1. The number of hydrogen-bond donors (Lipinski definition) is 2. The summed E-state index contributed by atoms with van der Waals surface area (Å²) in [5.74, 6) is 0.667. The van der Waals surface area contributed by atoms with Crippen LogP contribution in [0.25, 0.3) is 11.0 Å². The summed E-state index contributed by atoms with van der Waals surface area (Å²) in [6, 6.07) is 0.192. The van der Waals surface area contributed by atoms with Crippen LogP contribution in [0.5, 0.6) is 0 Å². The van der Waals surface area contributed by atoms with Gasteiger partial charge in [-0.15, -0.1) is 0 Å². The SMILES string of the molecule is Cn1cncc1CNC(=O)N1CC(c2nc3c(cnn3C3CCCCC3)c(=O)[nH]2)C1. The molecule has 0 aromatic carbocycles. The summed E-state index contributed by atoms with van der Waals surface area (Å²) >= 11 is 0. The maximum atomic E-state index is 12.6. The Kier molecular flexibility index (Phi) is 4.76. The van der Waals surface area contributed by atoms with Gasteiger partial charge in [-0.05, 0) is 12.8 Å². The molecule has 0 unspecified atom stereocenters. The van der Waals surface area contributed by atoms with E-state index in [9.17, 15) is 9.59 Å². The Hall–Kier alpha value is -3.17. The largest absolute Gasteiger partial charge is 0.336 e. The van der Waals surface area contributed by atoms with E-state index < -0.39 is 0 Å². The number of fused-ring (bicyclic) bond motifs is 1. The van der Waals surface area contributed by atoms with Crippen LogP contribution in [0, 0.1) is 0 Å². The third kappa shape index (κ3) is 3.35. The average Bonchev–Trinajstić information content (AvgIpc) is 3.32. The first kappa shape index (κ1) is 18.8. The molecule has 2 aliphatic rings. The van der Waals surface area contributed by atoms with Crippen molar-refractivity contribution in [1.29, 1.82) is 0 Å². The summed E-state index contributed by atoms with van der Waals surface area (Å²) in [7, 11) is 1.89. The van der Waals surface area contributed by atoms with Gasteiger partial charge in [0.25, 0.3) is 5.56 Å². The molecule has 0 radical (unpaired) electrons. The van der Waals surface area contributed by atoms with Crippen LogP contribution >= 0.6 is 0 Å². The highest BCUT2D eigenvalue weighted by molar-refractivity contribution is 5.76. The van der Waals surface area contributed by atoms with E-state index >= 15 is 0 Å². The molecular formula is C20H26N8O2. The molecule has 4 heterocycles. The minimum atomic E-state index is -0.156. The Morgan fingerprint density at radius 3 is 2.77 bits per heavy atom. The standard InChI is InChI=1S/C20H26N8O2/c1-26-12-21-7-15(26)8-22-20(30)27-10-13(11-27)17-24-18-16(19(29)25-17)9-23-28(18)14-5-3-2-4-6-14/h7,9,12-14H,2-6,8,10-11H2,1H3,(H,22,30)(H,24,25,29). The van der Waals surface area contributed by atoms with Crippen LogP contribution in [-0.4, -0.2) is 53.3 Å². The van der Waals surface area contributed by atoms with Gasteiger partial charge in [-0.2, -0.15) is 5.10 Å². The fourth-order valence-electron chi connectivity index (χ4n) is 4.39. The van der Waals surface area contributed by atoms with E-state index in [4.69, 9.17) is 4.98 Å². The van der Waals surface area contributed by atoms with Crippen LogP contribution in [0.3, 0.4) is 0 Å². The Bertz CT molecular complexity index is 1120. The number of imidazole rings is 1. The van der Waals surface area contributed by atoms with Gasteiger partial charge in [-0.1, -0.05) is 19.3 Å². The summed E-state index contributed by atoms with van der Waals surface area (Å²) in [5.41, 5.74) is 1.45. The second kappa shape index (κ2) is 7.58. The topological polar surface area (TPSA) is 114 Å². The van der Waals surface area contributed by atoms with Crippen LogP contribution in [-0.2, 0) is 13.6 Å². The van der Waals surface area contributed by atoms with E-state index in [2.05, 4.69) is 20.4 Å². The van der Waals surface area contributed by atoms with Gasteiger partial charge < -0.3 is 19.8 Å². The summed E-state index contributed by atoms with van der Waals surface area (Å²) in [5, 5.41) is 7.92. The third-order valence-electron chi connectivity index (χ3n) is 6.29. The number of nitrogens with one attached hydrogen (secondary N) is 2. The Morgan fingerprint density at radius 1 is 1.23 bits per heavy atom. The highest BCUT2D eigenvalue weighted by atomic mass is 16.2. The van der Waals surface area contributed by atoms with Gasteiger partial charge in [-0.3, -0.25) is 4.79 Å². The lowest BCUT2D eigenvalue weighted by atomic mass is 9.96. The molecule has 2 fully saturated rings. The molecule has 1 aliphatic heterocycles. The molecule has 1 saturated carbocycles. The minimum absolute atomic E-state index is 0.0271. The van der Waals surface area contributed by atoms with Gasteiger partial charge in [-0.25, -0.2) is 19.4 Å². The molecule has 1 saturated heterocycles. The number of aryl methyl sites for hydroxylation is 1. The van der Waals surface area contributed by atoms with Crippen molar-refractivity contribution in [2.45, 2.75) is 50.6 Å². The van der Waals surface area contributed by atoms with Crippen LogP contribution < -0.4 is 10.9 Å². The maximum Gasteiger partial charge on any atom is 0.317 e. The molecule has 2 amide bonds. The molecule has 2 N–H and O–H groups in total. The number of amides is 2. The maximum absolute atomic E-state index is 12.6. The molecule has 0 bridgehead atoms. The summed E-state index contributed by atoms with van der Waals surface area (Å²) in [6.45, 7) is 1.49. The molecule has 158 valence electrons. The van der Waals surface area contributed by atoms with Gasteiger partial charge in [0.05, 0.1) is 36.7 Å². The first-order chi connectivity index (χ1) is 14.6. The van der Waals surface area contributed by atoms with Crippen molar-refractivity contribution in [3.05, 3.63) is 40.6 Å². The summed E-state index contributed by atoms with van der Waals surface area (Å²) in [6.07, 6.45) is 10.9. The molecule has 3 aromatic rings. The second-order valence-corrected chi connectivity index (χ2v) is 8.33. The van der Waals surface area contributed by atoms with Crippen LogP contribution in [0.2, 0.25) is 0 Å². The molecule has 30 heavy (non-hydrogen) atoms. The smallest absolute Gasteiger partial charge is 0.317 e. The van der Waals surface area contributed by atoms with E-state index in [0.29, 0.717) is 42.5 Å². The molecule has 0 atom stereocenters. The monoisotopic (exact) mass is 410 g/mol. The van der Waals surface area contributed by atoms with Gasteiger partial charge in [0.15, 0.2) is 5.65 Å². The highest BCUT2D eigenvalue weighted by Gasteiger charge is 2.34. The highest BCUT2D eigenvalue weighted by Crippen LogP contribution is 2.30. The predicted molar refractivity (Wildman–Crippen MR) is 110 cm³/mol. The predicted octanol–water partition coefficient (Wildman–Crippen LogP) is 1.67. The zero-order chi connectivity index (χ0) is 20.7. The number of rotatable bonds is 4. The zero-order valence-electron chi connectivity index (χ0n) is 17.0. The van der Waals surface area contributed by atoms with E-state index in [1.54, 1.807) is 23.6 Å². The zero-order valence-corrected chi connectivity index (χ0v) is 17.0. The van der Waals surface area contributed by atoms with E-state index in [1.165, 1.54) is 19.3 Å². The lowest BCUT2D eigenvalue weighted by Gasteiger charge is -2.38. The third-order valence-corrected chi connectivity index (χ3v) is 6.29. The number of urea groups is 1. The fraction of sp³-hybridized carbons (Fsp3) is 0.550. The number of aromatic nitrogens is 6. The van der Waals surface area contributed by atoms with Gasteiger partial charge in [0.2, 0.25) is 0 Å². The molecule has 1 aliphatic carbocycles. The quantitative estimate of drug-likeness (QED) is 0.679. The first-order valence-electron chi connectivity index (χ1n) is 10.6. The average molecular weight is 410 g/mol. The lowest BCUT2D eigenvalue weighted by Crippen LogP contribution is -2.53. The molecule has 10 heteroatoms. The minimum Gasteiger partial charge on any atom is -0.336 e. The van der Waals surface area contributed by atoms with E-state index in [-0.39, 0.29) is 17.5 Å². The number of nitrogens with zero attached hydrogens (tertiary/aromatic N) is 6. The van der Waals surface area contributed by atoms with Crippen molar-refractivity contribution < 1.29 is 4.79 Å². The van der Waals surface area contributed by atoms with Crippen molar-refractivity contribution in [3.63, 3.8) is 0 Å². The Labute approximate surface area is 173 Å².